The number of para-hydroxylation sites is 1. The van der Waals surface area contributed by atoms with Crippen LogP contribution >= 0.6 is 11.6 Å². The van der Waals surface area contributed by atoms with E-state index in [2.05, 4.69) is 16.0 Å². The molecule has 2 amide bonds. The lowest BCUT2D eigenvalue weighted by Gasteiger charge is -2.36. The largest absolute Gasteiger partial charge is 0.496 e. The molecule has 224 valence electrons. The molecule has 0 spiro atoms. The van der Waals surface area contributed by atoms with Crippen molar-refractivity contribution in [2.24, 2.45) is 0 Å². The number of halogens is 1. The fraction of sp³-hybridized carbons (Fsp3) is 0.258. The fourth-order valence-corrected chi connectivity index (χ4v) is 5.35. The number of aromatic nitrogens is 1. The molecule has 1 aliphatic heterocycles. The van der Waals surface area contributed by atoms with E-state index in [1.807, 2.05) is 60.3 Å². The first-order chi connectivity index (χ1) is 20.7. The van der Waals surface area contributed by atoms with Crippen LogP contribution in [0.5, 0.6) is 5.75 Å². The summed E-state index contributed by atoms with van der Waals surface area (Å²) in [5.41, 5.74) is 6.36. The van der Waals surface area contributed by atoms with E-state index in [1.165, 1.54) is 0 Å². The predicted octanol–water partition coefficient (Wildman–Crippen LogP) is 5.39. The monoisotopic (exact) mass is 604 g/mol. The summed E-state index contributed by atoms with van der Waals surface area (Å²) in [6, 6.07) is 17.8. The van der Waals surface area contributed by atoms with Gasteiger partial charge in [-0.1, -0.05) is 28.9 Å². The van der Waals surface area contributed by atoms with Gasteiger partial charge in [0.1, 0.15) is 22.8 Å². The summed E-state index contributed by atoms with van der Waals surface area (Å²) >= 11 is 6.61. The molecule has 2 heterocycles. The van der Waals surface area contributed by atoms with Crippen LogP contribution in [0.3, 0.4) is 0 Å². The van der Waals surface area contributed by atoms with Crippen molar-refractivity contribution >= 4 is 46.2 Å². The fourth-order valence-electron chi connectivity index (χ4n) is 5.06. The molecule has 12 heteroatoms. The number of nitrogens with zero attached hydrogens (tertiary/aromatic N) is 4. The average molecular weight is 605 g/mol. The Bertz CT molecular complexity index is 1630. The summed E-state index contributed by atoms with van der Waals surface area (Å²) in [5, 5.41) is 17.2. The van der Waals surface area contributed by atoms with E-state index in [-0.39, 0.29) is 17.5 Å². The molecule has 1 saturated heterocycles. The number of carbonyl (C=O) groups is 2. The number of carbonyl (C=O) groups excluding carboxylic acids is 2. The Morgan fingerprint density at radius 2 is 1.72 bits per heavy atom. The normalized spacial score (nSPS) is 13.1. The zero-order chi connectivity index (χ0) is 30.7. The first-order valence-electron chi connectivity index (χ1n) is 13.7. The highest BCUT2D eigenvalue weighted by Gasteiger charge is 2.30. The highest BCUT2D eigenvalue weighted by atomic mass is 35.5. The van der Waals surface area contributed by atoms with Crippen molar-refractivity contribution < 1.29 is 24.1 Å². The van der Waals surface area contributed by atoms with Crippen LogP contribution in [0, 0.1) is 6.92 Å². The first kappa shape index (κ1) is 29.7. The Labute approximate surface area is 254 Å². The van der Waals surface area contributed by atoms with Crippen molar-refractivity contribution in [3.05, 3.63) is 82.6 Å². The third-order valence-corrected chi connectivity index (χ3v) is 7.75. The number of aryl methyl sites for hydroxylation is 1. The van der Waals surface area contributed by atoms with E-state index >= 15 is 0 Å². The smallest absolute Gasteiger partial charge is 0.259 e. The van der Waals surface area contributed by atoms with Crippen molar-refractivity contribution in [2.75, 3.05) is 68.0 Å². The van der Waals surface area contributed by atoms with E-state index in [0.29, 0.717) is 76.5 Å². The molecule has 0 aliphatic carbocycles. The van der Waals surface area contributed by atoms with Gasteiger partial charge in [-0.05, 0) is 55.5 Å². The van der Waals surface area contributed by atoms with Gasteiger partial charge in [0, 0.05) is 57.1 Å². The van der Waals surface area contributed by atoms with Crippen LogP contribution in [0.25, 0.3) is 11.3 Å². The molecular formula is C31H33ClN6O5. The Balaban J connectivity index is 1.32. The van der Waals surface area contributed by atoms with Gasteiger partial charge < -0.3 is 29.3 Å². The minimum atomic E-state index is -0.333. The average Bonchev–Trinajstić information content (AvgIpc) is 3.42. The zero-order valence-corrected chi connectivity index (χ0v) is 25.1. The van der Waals surface area contributed by atoms with Crippen LogP contribution in [0.1, 0.15) is 26.5 Å². The highest BCUT2D eigenvalue weighted by Crippen LogP contribution is 2.37. The molecule has 0 saturated carbocycles. The molecule has 1 fully saturated rings. The van der Waals surface area contributed by atoms with Crippen LogP contribution in [-0.2, 0) is 0 Å². The van der Waals surface area contributed by atoms with E-state index in [4.69, 9.17) is 20.9 Å². The van der Waals surface area contributed by atoms with Crippen LogP contribution in [-0.4, -0.2) is 74.5 Å². The summed E-state index contributed by atoms with van der Waals surface area (Å²) < 4.78 is 10.9. The molecule has 0 unspecified atom stereocenters. The lowest BCUT2D eigenvalue weighted by molar-refractivity contribution is 0.0745. The number of nitrogens with one attached hydrogen (secondary N) is 2. The van der Waals surface area contributed by atoms with E-state index in [9.17, 15) is 14.8 Å². The molecule has 1 aliphatic rings. The molecule has 3 N–H and O–H groups in total. The Hall–Kier alpha value is -4.74. The van der Waals surface area contributed by atoms with Crippen LogP contribution in [0.2, 0.25) is 5.02 Å². The number of amides is 2. The van der Waals surface area contributed by atoms with E-state index in [0.717, 1.165) is 5.69 Å². The second kappa shape index (κ2) is 12.6. The van der Waals surface area contributed by atoms with E-state index in [1.54, 1.807) is 43.2 Å². The third kappa shape index (κ3) is 6.08. The number of hydrogen-bond donors (Lipinski definition) is 3. The number of ether oxygens (including phenoxy) is 1. The van der Waals surface area contributed by atoms with Gasteiger partial charge in [0.25, 0.3) is 11.8 Å². The van der Waals surface area contributed by atoms with Crippen molar-refractivity contribution in [2.45, 2.75) is 6.92 Å². The molecule has 0 radical (unpaired) electrons. The van der Waals surface area contributed by atoms with Crippen molar-refractivity contribution in [3.8, 4) is 17.0 Å². The number of methoxy groups -OCH3 is 1. The number of hydrogen-bond acceptors (Lipinski definition) is 9. The van der Waals surface area contributed by atoms with Crippen molar-refractivity contribution in [1.82, 2.24) is 10.1 Å². The second-order valence-corrected chi connectivity index (χ2v) is 10.7. The third-order valence-electron chi connectivity index (χ3n) is 7.45. The van der Waals surface area contributed by atoms with Crippen LogP contribution in [0.4, 0.5) is 22.7 Å². The molecule has 4 aromatic rings. The minimum absolute atomic E-state index is 0.182. The molecule has 1 aromatic heterocycles. The van der Waals surface area contributed by atoms with Gasteiger partial charge in [0.05, 0.1) is 29.2 Å². The quantitative estimate of drug-likeness (QED) is 0.227. The number of benzene rings is 3. The first-order valence-corrected chi connectivity index (χ1v) is 14.1. The second-order valence-electron chi connectivity index (χ2n) is 10.3. The van der Waals surface area contributed by atoms with Gasteiger partial charge in [-0.3, -0.25) is 20.3 Å². The maximum absolute atomic E-state index is 13.7. The molecule has 5 rings (SSSR count). The molecule has 11 nitrogen and oxygen atoms in total. The Kier molecular flexibility index (Phi) is 8.74. The number of anilines is 4. The topological polar surface area (TPSA) is 123 Å². The Morgan fingerprint density at radius 1 is 1.02 bits per heavy atom. The van der Waals surface area contributed by atoms with Gasteiger partial charge >= 0.3 is 0 Å². The van der Waals surface area contributed by atoms with E-state index < -0.39 is 0 Å². The van der Waals surface area contributed by atoms with Gasteiger partial charge in [0.15, 0.2) is 0 Å². The molecule has 0 atom stereocenters. The maximum atomic E-state index is 13.7. The summed E-state index contributed by atoms with van der Waals surface area (Å²) in [6.45, 7) is 3.55. The lowest BCUT2D eigenvalue weighted by atomic mass is 10.0. The van der Waals surface area contributed by atoms with Crippen molar-refractivity contribution in [3.63, 3.8) is 0 Å². The van der Waals surface area contributed by atoms with Gasteiger partial charge in [-0.2, -0.15) is 0 Å². The van der Waals surface area contributed by atoms with Gasteiger partial charge in [-0.25, -0.2) is 0 Å². The van der Waals surface area contributed by atoms with Crippen molar-refractivity contribution in [1.29, 1.82) is 0 Å². The standard InChI is InChI=1S/C31H33ClN6O5/c1-19-28(29(35-43-19)22-7-5-6-8-27(22)42-4)31(40)38-15-13-37(14-16-38)26-18-24(25(34-41)17-23(26)32)33-30(39)20-9-11-21(12-10-20)36(2)3/h5-12,17-18,34,41H,13-16H2,1-4H3,(H,33,39). The maximum Gasteiger partial charge on any atom is 0.259 e. The Morgan fingerprint density at radius 3 is 2.37 bits per heavy atom. The van der Waals surface area contributed by atoms with Gasteiger partial charge in [0.2, 0.25) is 0 Å². The molecule has 43 heavy (non-hydrogen) atoms. The predicted molar refractivity (Wildman–Crippen MR) is 167 cm³/mol. The summed E-state index contributed by atoms with van der Waals surface area (Å²) in [7, 11) is 5.42. The zero-order valence-electron chi connectivity index (χ0n) is 24.3. The summed E-state index contributed by atoms with van der Waals surface area (Å²) in [5.74, 6) is 0.512. The lowest BCUT2D eigenvalue weighted by Crippen LogP contribution is -2.49. The van der Waals surface area contributed by atoms with Crippen LogP contribution < -0.4 is 25.3 Å². The SMILES string of the molecule is COc1ccccc1-c1noc(C)c1C(=O)N1CCN(c2cc(NC(=O)c3ccc(N(C)C)cc3)c(NO)cc2Cl)CC1. The molecule has 0 bridgehead atoms. The molecular weight excluding hydrogens is 572 g/mol. The number of piperazine rings is 1. The van der Waals surface area contributed by atoms with Crippen LogP contribution in [0.15, 0.2) is 65.2 Å². The summed E-state index contributed by atoms with van der Waals surface area (Å²) in [6.07, 6.45) is 0. The summed E-state index contributed by atoms with van der Waals surface area (Å²) in [4.78, 5) is 32.5. The van der Waals surface area contributed by atoms with Gasteiger partial charge in [-0.15, -0.1) is 0 Å². The minimum Gasteiger partial charge on any atom is -0.496 e. The number of rotatable bonds is 8. The molecule has 3 aromatic carbocycles. The highest BCUT2D eigenvalue weighted by molar-refractivity contribution is 6.34.